The van der Waals surface area contributed by atoms with Gasteiger partial charge in [0, 0.05) is 18.8 Å². The smallest absolute Gasteiger partial charge is 0.0762 e. The summed E-state index contributed by atoms with van der Waals surface area (Å²) >= 11 is 0. The van der Waals surface area contributed by atoms with Crippen molar-refractivity contribution >= 4 is 0 Å². The lowest BCUT2D eigenvalue weighted by atomic mass is 10.3. The zero-order chi connectivity index (χ0) is 9.68. The van der Waals surface area contributed by atoms with Gasteiger partial charge in [0.15, 0.2) is 0 Å². The van der Waals surface area contributed by atoms with Crippen molar-refractivity contribution in [1.82, 2.24) is 15.1 Å². The first-order valence-electron chi connectivity index (χ1n) is 4.59. The summed E-state index contributed by atoms with van der Waals surface area (Å²) in [4.78, 5) is 0. The zero-order valence-corrected chi connectivity index (χ0v) is 8.33. The quantitative estimate of drug-likeness (QED) is 0.695. The SMILES string of the molecule is C=CCn1ccc(CNC(C)C)n1. The van der Waals surface area contributed by atoms with Gasteiger partial charge >= 0.3 is 0 Å². The molecule has 13 heavy (non-hydrogen) atoms. The van der Waals surface area contributed by atoms with Crippen LogP contribution in [0.5, 0.6) is 0 Å². The molecular formula is C10H17N3. The molecule has 0 fully saturated rings. The second-order valence-corrected chi connectivity index (χ2v) is 3.35. The minimum Gasteiger partial charge on any atom is -0.309 e. The molecule has 0 aliphatic heterocycles. The van der Waals surface area contributed by atoms with E-state index in [4.69, 9.17) is 0 Å². The van der Waals surface area contributed by atoms with Crippen LogP contribution < -0.4 is 5.32 Å². The fourth-order valence-corrected chi connectivity index (χ4v) is 1.04. The molecule has 0 aromatic carbocycles. The van der Waals surface area contributed by atoms with Crippen molar-refractivity contribution in [3.63, 3.8) is 0 Å². The number of allylic oxidation sites excluding steroid dienone is 1. The Balaban J connectivity index is 2.44. The lowest BCUT2D eigenvalue weighted by Crippen LogP contribution is -2.22. The van der Waals surface area contributed by atoms with E-state index in [9.17, 15) is 0 Å². The highest BCUT2D eigenvalue weighted by atomic mass is 15.3. The lowest BCUT2D eigenvalue weighted by molar-refractivity contribution is 0.571. The first-order chi connectivity index (χ1) is 6.22. The second-order valence-electron chi connectivity index (χ2n) is 3.35. The monoisotopic (exact) mass is 179 g/mol. The van der Waals surface area contributed by atoms with Gasteiger partial charge in [0.2, 0.25) is 0 Å². The van der Waals surface area contributed by atoms with Crippen molar-refractivity contribution < 1.29 is 0 Å². The van der Waals surface area contributed by atoms with Crippen molar-refractivity contribution in [2.45, 2.75) is 33.0 Å². The summed E-state index contributed by atoms with van der Waals surface area (Å²) in [6.07, 6.45) is 3.81. The number of hydrogen-bond donors (Lipinski definition) is 1. The summed E-state index contributed by atoms with van der Waals surface area (Å²) in [7, 11) is 0. The molecule has 1 N–H and O–H groups in total. The molecule has 3 nitrogen and oxygen atoms in total. The summed E-state index contributed by atoms with van der Waals surface area (Å²) in [6.45, 7) is 9.53. The van der Waals surface area contributed by atoms with Crippen LogP contribution in [0.3, 0.4) is 0 Å². The van der Waals surface area contributed by atoms with Gasteiger partial charge in [0.25, 0.3) is 0 Å². The lowest BCUT2D eigenvalue weighted by Gasteiger charge is -2.04. The minimum absolute atomic E-state index is 0.504. The third kappa shape index (κ3) is 3.42. The Kier molecular flexibility index (Phi) is 3.71. The van der Waals surface area contributed by atoms with Crippen LogP contribution in [-0.2, 0) is 13.1 Å². The minimum atomic E-state index is 0.504. The molecule has 0 unspecified atom stereocenters. The molecule has 0 bridgehead atoms. The van der Waals surface area contributed by atoms with Gasteiger partial charge in [-0.15, -0.1) is 6.58 Å². The van der Waals surface area contributed by atoms with Gasteiger partial charge in [-0.05, 0) is 6.07 Å². The highest BCUT2D eigenvalue weighted by Gasteiger charge is 1.98. The van der Waals surface area contributed by atoms with Crippen LogP contribution in [0.15, 0.2) is 24.9 Å². The molecule has 1 rings (SSSR count). The van der Waals surface area contributed by atoms with Crippen molar-refractivity contribution in [3.8, 4) is 0 Å². The molecule has 0 saturated heterocycles. The predicted octanol–water partition coefficient (Wildman–Crippen LogP) is 1.57. The fraction of sp³-hybridized carbons (Fsp3) is 0.500. The standard InChI is InChI=1S/C10H17N3/c1-4-6-13-7-5-10(12-13)8-11-9(2)3/h4-5,7,9,11H,1,6,8H2,2-3H3. The predicted molar refractivity (Wildman–Crippen MR) is 54.4 cm³/mol. The number of aromatic nitrogens is 2. The van der Waals surface area contributed by atoms with Crippen molar-refractivity contribution in [3.05, 3.63) is 30.6 Å². The topological polar surface area (TPSA) is 29.9 Å². The van der Waals surface area contributed by atoms with E-state index in [1.165, 1.54) is 0 Å². The first kappa shape index (κ1) is 9.99. The fourth-order valence-electron chi connectivity index (χ4n) is 1.04. The molecule has 0 amide bonds. The van der Waals surface area contributed by atoms with Gasteiger partial charge in [0.1, 0.15) is 0 Å². The second kappa shape index (κ2) is 4.82. The molecule has 72 valence electrons. The molecule has 1 aromatic rings. The largest absolute Gasteiger partial charge is 0.309 e. The number of nitrogens with zero attached hydrogens (tertiary/aromatic N) is 2. The maximum atomic E-state index is 4.35. The normalized spacial score (nSPS) is 10.7. The van der Waals surface area contributed by atoms with E-state index in [-0.39, 0.29) is 0 Å². The number of rotatable bonds is 5. The highest BCUT2D eigenvalue weighted by molar-refractivity contribution is 4.99. The van der Waals surface area contributed by atoms with Gasteiger partial charge < -0.3 is 5.32 Å². The van der Waals surface area contributed by atoms with Crippen LogP contribution in [0.4, 0.5) is 0 Å². The maximum absolute atomic E-state index is 4.35. The van der Waals surface area contributed by atoms with E-state index in [1.54, 1.807) is 0 Å². The van der Waals surface area contributed by atoms with Gasteiger partial charge in [-0.3, -0.25) is 4.68 Å². The molecular weight excluding hydrogens is 162 g/mol. The van der Waals surface area contributed by atoms with Gasteiger partial charge in [-0.2, -0.15) is 5.10 Å². The summed E-state index contributed by atoms with van der Waals surface area (Å²) < 4.78 is 1.88. The van der Waals surface area contributed by atoms with Crippen molar-refractivity contribution in [2.75, 3.05) is 0 Å². The van der Waals surface area contributed by atoms with Gasteiger partial charge in [-0.25, -0.2) is 0 Å². The Morgan fingerprint density at radius 2 is 2.46 bits per heavy atom. The average molecular weight is 179 g/mol. The van der Waals surface area contributed by atoms with Crippen LogP contribution in [0.1, 0.15) is 19.5 Å². The van der Waals surface area contributed by atoms with E-state index < -0.39 is 0 Å². The van der Waals surface area contributed by atoms with Crippen LogP contribution in [0.25, 0.3) is 0 Å². The summed E-state index contributed by atoms with van der Waals surface area (Å²) in [5.74, 6) is 0. The van der Waals surface area contributed by atoms with Crippen LogP contribution in [0.2, 0.25) is 0 Å². The molecule has 0 aliphatic rings. The summed E-state index contributed by atoms with van der Waals surface area (Å²) in [6, 6.07) is 2.53. The summed E-state index contributed by atoms with van der Waals surface area (Å²) in [5, 5.41) is 7.67. The van der Waals surface area contributed by atoms with Crippen LogP contribution in [-0.4, -0.2) is 15.8 Å². The van der Waals surface area contributed by atoms with E-state index in [0.29, 0.717) is 6.04 Å². The zero-order valence-electron chi connectivity index (χ0n) is 8.33. The van der Waals surface area contributed by atoms with Crippen molar-refractivity contribution in [1.29, 1.82) is 0 Å². The Hall–Kier alpha value is -1.09. The Labute approximate surface area is 79.5 Å². The number of nitrogens with one attached hydrogen (secondary N) is 1. The molecule has 0 saturated carbocycles. The van der Waals surface area contributed by atoms with Gasteiger partial charge in [-0.1, -0.05) is 19.9 Å². The molecule has 3 heteroatoms. The first-order valence-corrected chi connectivity index (χ1v) is 4.59. The molecule has 0 aliphatic carbocycles. The highest BCUT2D eigenvalue weighted by Crippen LogP contribution is 1.96. The van der Waals surface area contributed by atoms with Gasteiger partial charge in [0.05, 0.1) is 12.2 Å². The van der Waals surface area contributed by atoms with Crippen LogP contribution in [0, 0.1) is 0 Å². The Morgan fingerprint density at radius 1 is 1.69 bits per heavy atom. The van der Waals surface area contributed by atoms with E-state index >= 15 is 0 Å². The van der Waals surface area contributed by atoms with E-state index in [2.05, 4.69) is 30.8 Å². The third-order valence-electron chi connectivity index (χ3n) is 1.70. The Bertz CT molecular complexity index is 263. The number of hydrogen-bond acceptors (Lipinski definition) is 2. The molecule has 1 heterocycles. The molecule has 1 aromatic heterocycles. The van der Waals surface area contributed by atoms with Crippen molar-refractivity contribution in [2.24, 2.45) is 0 Å². The molecule has 0 atom stereocenters. The third-order valence-corrected chi connectivity index (χ3v) is 1.70. The maximum Gasteiger partial charge on any atom is 0.0762 e. The molecule has 0 radical (unpaired) electrons. The van der Waals surface area contributed by atoms with E-state index in [0.717, 1.165) is 18.8 Å². The van der Waals surface area contributed by atoms with E-state index in [1.807, 2.05) is 23.0 Å². The van der Waals surface area contributed by atoms with Crippen LogP contribution >= 0.6 is 0 Å². The molecule has 0 spiro atoms. The Morgan fingerprint density at radius 3 is 3.08 bits per heavy atom. The summed E-state index contributed by atoms with van der Waals surface area (Å²) in [5.41, 5.74) is 1.08. The average Bonchev–Trinajstić information content (AvgIpc) is 2.50.